The van der Waals surface area contributed by atoms with Gasteiger partial charge in [-0.25, -0.2) is 0 Å². The molecule has 0 aromatic heterocycles. The van der Waals surface area contributed by atoms with Crippen molar-refractivity contribution in [1.82, 2.24) is 0 Å². The van der Waals surface area contributed by atoms with Crippen molar-refractivity contribution in [1.29, 1.82) is 0 Å². The van der Waals surface area contributed by atoms with Crippen LogP contribution in [-0.4, -0.2) is 47.8 Å². The third kappa shape index (κ3) is 6.30. The Morgan fingerprint density at radius 1 is 1.08 bits per heavy atom. The first-order valence-corrected chi connectivity index (χ1v) is 6.98. The molecule has 64 valence electrons. The van der Waals surface area contributed by atoms with Crippen molar-refractivity contribution in [2.45, 2.75) is 0 Å². The second-order valence-corrected chi connectivity index (χ2v) is 5.48. The maximum atomic E-state index is 10.4. The Kier molecular flexibility index (Phi) is 5.93. The Morgan fingerprint density at radius 3 is 2.08 bits per heavy atom. The summed E-state index contributed by atoms with van der Waals surface area (Å²) in [4.78, 5) is 8.05. The molecule has 0 atom stereocenters. The van der Waals surface area contributed by atoms with Gasteiger partial charge in [-0.05, 0) is 0 Å². The van der Waals surface area contributed by atoms with Crippen LogP contribution in [0.4, 0.5) is 0 Å². The zero-order valence-electron chi connectivity index (χ0n) is 5.38. The standard InChI is InChI=1S/Al.HO7Si3.O/c;1-8(2)6-10(5)7-9(3)4;/h;1H;/q+1;-1;. The summed E-state index contributed by atoms with van der Waals surface area (Å²) >= 11 is -1.74. The molecule has 0 spiro atoms. The van der Waals surface area contributed by atoms with Crippen molar-refractivity contribution < 1.29 is 33.7 Å². The molecule has 8 nitrogen and oxygen atoms in total. The van der Waals surface area contributed by atoms with Crippen LogP contribution < -0.4 is 0 Å². The van der Waals surface area contributed by atoms with E-state index in [1.165, 1.54) is 0 Å². The van der Waals surface area contributed by atoms with E-state index < -0.39 is 43.0 Å². The second-order valence-electron chi connectivity index (χ2n) is 1.18. The van der Waals surface area contributed by atoms with Crippen molar-refractivity contribution in [3.05, 3.63) is 0 Å². The Bertz CT molecular complexity index is 220. The summed E-state index contributed by atoms with van der Waals surface area (Å²) < 4.78 is 52.0. The van der Waals surface area contributed by atoms with Crippen LogP contribution in [0.2, 0.25) is 0 Å². The minimum atomic E-state index is -3.39. The van der Waals surface area contributed by atoms with Crippen LogP contribution in [0.1, 0.15) is 0 Å². The average Bonchev–Trinajstić information content (AvgIpc) is 1.84. The first-order valence-electron chi connectivity index (χ1n) is 2.33. The molecule has 0 rings (SSSR count). The van der Waals surface area contributed by atoms with Crippen molar-refractivity contribution >= 4 is 43.0 Å². The zero-order valence-corrected chi connectivity index (χ0v) is 9.54. The van der Waals surface area contributed by atoms with Crippen molar-refractivity contribution in [2.75, 3.05) is 0 Å². The van der Waals surface area contributed by atoms with E-state index in [0.717, 1.165) is 0 Å². The molecule has 0 aromatic carbocycles. The molecule has 0 aliphatic rings. The first-order chi connectivity index (χ1) is 5.56. The van der Waals surface area contributed by atoms with Gasteiger partial charge in [0.2, 0.25) is 0 Å². The molecule has 12 heavy (non-hydrogen) atoms. The van der Waals surface area contributed by atoms with E-state index in [0.29, 0.717) is 0 Å². The van der Waals surface area contributed by atoms with E-state index in [4.69, 9.17) is 4.80 Å². The topological polar surface area (TPSA) is 116 Å². The second kappa shape index (κ2) is 6.14. The van der Waals surface area contributed by atoms with Crippen LogP contribution >= 0.6 is 0 Å². The molecular weight excluding hydrogens is 239 g/mol. The average molecular weight is 240 g/mol. The third-order valence-electron chi connectivity index (χ3n) is 0.482. The van der Waals surface area contributed by atoms with Gasteiger partial charge in [0.15, 0.2) is 0 Å². The number of rotatable bonds is 6. The molecule has 0 aliphatic carbocycles. The van der Waals surface area contributed by atoms with Gasteiger partial charge in [0.25, 0.3) is 0 Å². The molecule has 0 aromatic rings. The summed E-state index contributed by atoms with van der Waals surface area (Å²) in [5.74, 6) is 0. The fourth-order valence-electron chi connectivity index (χ4n) is 0.224. The molecule has 0 amide bonds. The first kappa shape index (κ1) is 11.6. The van der Waals surface area contributed by atoms with E-state index in [-0.39, 0.29) is 0 Å². The van der Waals surface area contributed by atoms with Gasteiger partial charge in [0, 0.05) is 0 Å². The predicted molar refractivity (Wildman–Crippen MR) is 31.2 cm³/mol. The molecule has 0 aliphatic heterocycles. The molecular formula is HAlO8Si3. The van der Waals surface area contributed by atoms with Gasteiger partial charge in [-0.1, -0.05) is 0 Å². The van der Waals surface area contributed by atoms with Gasteiger partial charge >= 0.3 is 76.7 Å². The Balaban J connectivity index is 3.76. The summed E-state index contributed by atoms with van der Waals surface area (Å²) in [7, 11) is -9.82. The summed E-state index contributed by atoms with van der Waals surface area (Å²) in [5.41, 5.74) is 0. The van der Waals surface area contributed by atoms with Crippen LogP contribution in [-0.2, 0) is 28.9 Å². The van der Waals surface area contributed by atoms with Crippen molar-refractivity contribution in [3.8, 4) is 0 Å². The fourth-order valence-corrected chi connectivity index (χ4v) is 2.82. The Morgan fingerprint density at radius 2 is 1.67 bits per heavy atom. The molecule has 0 fully saturated rings. The monoisotopic (exact) mass is 240 g/mol. The van der Waals surface area contributed by atoms with E-state index in [1.807, 2.05) is 0 Å². The molecule has 0 heterocycles. The Labute approximate surface area is 77.0 Å². The van der Waals surface area contributed by atoms with Crippen LogP contribution in [0.5, 0.6) is 0 Å². The molecule has 0 saturated carbocycles. The molecule has 12 heteroatoms. The number of hydrogen-bond donors (Lipinski definition) is 1. The van der Waals surface area contributed by atoms with Crippen LogP contribution in [0.25, 0.3) is 0 Å². The van der Waals surface area contributed by atoms with Crippen LogP contribution in [0.15, 0.2) is 0 Å². The van der Waals surface area contributed by atoms with Gasteiger partial charge in [-0.15, -0.1) is 0 Å². The molecule has 1 N–H and O–H groups in total. The van der Waals surface area contributed by atoms with Gasteiger partial charge in [0.1, 0.15) is 0 Å². The van der Waals surface area contributed by atoms with Gasteiger partial charge in [-0.2, -0.15) is 0 Å². The van der Waals surface area contributed by atoms with E-state index in [9.17, 15) is 17.2 Å². The van der Waals surface area contributed by atoms with Crippen LogP contribution in [0.3, 0.4) is 0 Å². The maximum absolute atomic E-state index is 10.4. The quantitative estimate of drug-likeness (QED) is 0.496. The summed E-state index contributed by atoms with van der Waals surface area (Å²) in [6, 6.07) is 0. The summed E-state index contributed by atoms with van der Waals surface area (Å²) in [5, 5.41) is 0. The van der Waals surface area contributed by atoms with Crippen LogP contribution in [0, 0.1) is 0 Å². The van der Waals surface area contributed by atoms with Crippen molar-refractivity contribution in [3.63, 3.8) is 0 Å². The van der Waals surface area contributed by atoms with Gasteiger partial charge < -0.3 is 0 Å². The SMILES string of the molecule is [O]=[Al][O][Si](=O)O[Si](=O)O[Si](=O)O. The van der Waals surface area contributed by atoms with E-state index in [1.54, 1.807) is 0 Å². The van der Waals surface area contributed by atoms with Crippen molar-refractivity contribution in [2.24, 2.45) is 0 Å². The molecule has 0 saturated heterocycles. The number of hydrogen-bond acceptors (Lipinski definition) is 7. The van der Waals surface area contributed by atoms with Gasteiger partial charge in [-0.3, -0.25) is 0 Å². The zero-order chi connectivity index (χ0) is 9.56. The minimum absolute atomic E-state index is 1.74. The van der Waals surface area contributed by atoms with Gasteiger partial charge in [0.05, 0.1) is 0 Å². The fraction of sp³-hybridized carbons (Fsp3) is 0. The predicted octanol–water partition coefficient (Wildman–Crippen LogP) is -2.76. The third-order valence-corrected chi connectivity index (χ3v) is 4.33. The summed E-state index contributed by atoms with van der Waals surface area (Å²) in [6.07, 6.45) is 0. The summed E-state index contributed by atoms with van der Waals surface area (Å²) in [6.45, 7) is 0. The Hall–Kier alpha value is -0.417. The van der Waals surface area contributed by atoms with E-state index >= 15 is 0 Å². The van der Waals surface area contributed by atoms with E-state index in [2.05, 4.69) is 11.7 Å². The molecule has 0 bridgehead atoms. The normalized spacial score (nSPS) is 7.67. The molecule has 0 unspecified atom stereocenters. The molecule has 0 radical (unpaired) electrons.